The lowest BCUT2D eigenvalue weighted by molar-refractivity contribution is -0.301. The highest BCUT2D eigenvalue weighted by Crippen LogP contribution is 2.26. The van der Waals surface area contributed by atoms with E-state index >= 15 is 0 Å². The number of hydrogen-bond acceptors (Lipinski definition) is 11. The smallest absolute Gasteiger partial charge is 0.397 e. The summed E-state index contributed by atoms with van der Waals surface area (Å²) < 4.78 is 59.2. The summed E-state index contributed by atoms with van der Waals surface area (Å²) in [5, 5.41) is 30.7. The highest BCUT2D eigenvalue weighted by Gasteiger charge is 2.48. The number of carbonyl (C=O) groups is 1. The van der Waals surface area contributed by atoms with E-state index in [1.54, 1.807) is 0 Å². The Hall–Kier alpha value is -1.68. The first-order chi connectivity index (χ1) is 31.6. The van der Waals surface area contributed by atoms with E-state index in [9.17, 15) is 33.1 Å². The van der Waals surface area contributed by atoms with Crippen LogP contribution in [0.4, 0.5) is 0 Å². The van der Waals surface area contributed by atoms with Gasteiger partial charge in [0, 0.05) is 13.0 Å². The summed E-state index contributed by atoms with van der Waals surface area (Å²) in [4.78, 5) is 12.9. The van der Waals surface area contributed by atoms with Crippen molar-refractivity contribution in [2.45, 2.75) is 263 Å². The van der Waals surface area contributed by atoms with Gasteiger partial charge >= 0.3 is 16.4 Å². The molecule has 0 aliphatic carbocycles. The van der Waals surface area contributed by atoms with E-state index in [1.165, 1.54) is 148 Å². The van der Waals surface area contributed by atoms with Gasteiger partial charge in [-0.15, -0.1) is 0 Å². The van der Waals surface area contributed by atoms with Gasteiger partial charge in [-0.3, -0.25) is 9.35 Å². The third kappa shape index (κ3) is 37.0. The maximum atomic E-state index is 12.9. The van der Waals surface area contributed by atoms with Crippen LogP contribution in [0.25, 0.3) is 0 Å². The van der Waals surface area contributed by atoms with Gasteiger partial charge in [-0.1, -0.05) is 204 Å². The normalized spacial score (nSPS) is 19.9. The number of allylic oxidation sites excluding steroid dienone is 6. The van der Waals surface area contributed by atoms with Crippen LogP contribution < -0.4 is 0 Å². The van der Waals surface area contributed by atoms with Crippen LogP contribution in [-0.4, -0.2) is 97.5 Å². The van der Waals surface area contributed by atoms with Crippen molar-refractivity contribution < 1.29 is 56.2 Å². The average Bonchev–Trinajstić information content (AvgIpc) is 3.28. The first-order valence-electron chi connectivity index (χ1n) is 26.2. The van der Waals surface area contributed by atoms with Crippen molar-refractivity contribution in [3.63, 3.8) is 0 Å². The molecular formula is C52H96O12S. The molecule has 0 amide bonds. The fourth-order valence-electron chi connectivity index (χ4n) is 8.03. The SMILES string of the molecule is CCCCCCC/C=C\C/C=C\C/C=C\CCCCCCCCCCCCCOCC(COC1OC(CO)C(O)C(OS(=O)(=O)O)C1O)OC(=O)CCCCCCCCCCCCCC. The lowest BCUT2D eigenvalue weighted by atomic mass is 9.99. The van der Waals surface area contributed by atoms with Gasteiger partial charge in [-0.25, -0.2) is 4.18 Å². The average molecular weight is 945 g/mol. The van der Waals surface area contributed by atoms with Crippen molar-refractivity contribution in [2.75, 3.05) is 26.4 Å². The van der Waals surface area contributed by atoms with Gasteiger partial charge in [-0.05, 0) is 51.4 Å². The Bertz CT molecular complexity index is 1270. The Morgan fingerprint density at radius 1 is 0.585 bits per heavy atom. The molecule has 0 saturated carbocycles. The standard InChI is InChI=1S/C52H96O12S/c1-3-5-7-9-11-13-15-17-18-19-20-21-22-23-24-25-26-27-28-29-30-32-34-36-38-40-42-60-44-46(62-48(54)41-39-37-35-33-31-16-14-12-10-8-6-4-2)45-61-52-50(56)51(64-65(57,58)59)49(55)47(43-53)63-52/h15,17,19-20,22-23,46-47,49-53,55-56H,3-14,16,18,21,24-45H2,1-2H3,(H,57,58,59)/b17-15-,20-19-,23-22-. The molecule has 12 nitrogen and oxygen atoms in total. The van der Waals surface area contributed by atoms with Gasteiger partial charge in [0.05, 0.1) is 19.8 Å². The van der Waals surface area contributed by atoms with Gasteiger partial charge in [0.15, 0.2) is 6.29 Å². The Kier molecular flexibility index (Phi) is 41.1. The number of ether oxygens (including phenoxy) is 4. The molecule has 382 valence electrons. The molecule has 0 aromatic heterocycles. The van der Waals surface area contributed by atoms with Gasteiger partial charge in [0.25, 0.3) is 0 Å². The molecule has 1 aliphatic heterocycles. The molecule has 0 spiro atoms. The number of hydrogen-bond donors (Lipinski definition) is 4. The topological polar surface area (TPSA) is 178 Å². The first kappa shape index (κ1) is 61.3. The summed E-state index contributed by atoms with van der Waals surface area (Å²) in [6.45, 7) is 3.99. The lowest BCUT2D eigenvalue weighted by Gasteiger charge is -2.41. The van der Waals surface area contributed by atoms with Crippen LogP contribution >= 0.6 is 0 Å². The van der Waals surface area contributed by atoms with Crippen LogP contribution in [0, 0.1) is 0 Å². The largest absolute Gasteiger partial charge is 0.457 e. The monoisotopic (exact) mass is 945 g/mol. The molecule has 4 N–H and O–H groups in total. The molecule has 6 unspecified atom stereocenters. The van der Waals surface area contributed by atoms with Crippen LogP contribution in [0.3, 0.4) is 0 Å². The molecular weight excluding hydrogens is 849 g/mol. The van der Waals surface area contributed by atoms with Gasteiger partial charge in [0.1, 0.15) is 30.5 Å². The molecule has 0 radical (unpaired) electrons. The quantitative estimate of drug-likeness (QED) is 0.0197. The molecule has 1 aliphatic rings. The predicted octanol–water partition coefficient (Wildman–Crippen LogP) is 12.1. The number of rotatable bonds is 46. The first-order valence-corrected chi connectivity index (χ1v) is 27.6. The minimum absolute atomic E-state index is 0.0368. The zero-order chi connectivity index (χ0) is 47.5. The second-order valence-corrected chi connectivity index (χ2v) is 19.2. The van der Waals surface area contributed by atoms with Crippen molar-refractivity contribution in [3.05, 3.63) is 36.5 Å². The van der Waals surface area contributed by atoms with E-state index in [0.29, 0.717) is 13.0 Å². The third-order valence-corrected chi connectivity index (χ3v) is 12.5. The molecule has 0 aromatic carbocycles. The maximum absolute atomic E-state index is 12.9. The van der Waals surface area contributed by atoms with Crippen LogP contribution in [0.5, 0.6) is 0 Å². The molecule has 13 heteroatoms. The number of aliphatic hydroxyl groups excluding tert-OH is 3. The van der Waals surface area contributed by atoms with E-state index in [2.05, 4.69) is 54.5 Å². The van der Waals surface area contributed by atoms with Crippen molar-refractivity contribution in [3.8, 4) is 0 Å². The second kappa shape index (κ2) is 43.6. The van der Waals surface area contributed by atoms with Crippen LogP contribution in [0.15, 0.2) is 36.5 Å². The summed E-state index contributed by atoms with van der Waals surface area (Å²) in [6.07, 6.45) is 43.3. The second-order valence-electron chi connectivity index (χ2n) is 18.1. The minimum atomic E-state index is -5.06. The minimum Gasteiger partial charge on any atom is -0.457 e. The van der Waals surface area contributed by atoms with Gasteiger partial charge in [-0.2, -0.15) is 8.42 Å². The molecule has 1 fully saturated rings. The van der Waals surface area contributed by atoms with E-state index in [0.717, 1.165) is 51.4 Å². The van der Waals surface area contributed by atoms with Crippen molar-refractivity contribution in [1.82, 2.24) is 0 Å². The Morgan fingerprint density at radius 3 is 1.48 bits per heavy atom. The summed E-state index contributed by atoms with van der Waals surface area (Å²) in [6, 6.07) is 0. The summed E-state index contributed by atoms with van der Waals surface area (Å²) in [5.41, 5.74) is 0. The van der Waals surface area contributed by atoms with Gasteiger partial charge in [0.2, 0.25) is 0 Å². The fraction of sp³-hybridized carbons (Fsp3) is 0.865. The summed E-state index contributed by atoms with van der Waals surface area (Å²) in [5.74, 6) is -0.399. The van der Waals surface area contributed by atoms with E-state index in [4.69, 9.17) is 18.9 Å². The zero-order valence-corrected chi connectivity index (χ0v) is 41.9. The molecule has 1 saturated heterocycles. The van der Waals surface area contributed by atoms with Crippen molar-refractivity contribution >= 4 is 16.4 Å². The highest BCUT2D eigenvalue weighted by atomic mass is 32.3. The van der Waals surface area contributed by atoms with E-state index < -0.39 is 59.8 Å². The zero-order valence-electron chi connectivity index (χ0n) is 41.1. The van der Waals surface area contributed by atoms with Crippen LogP contribution in [-0.2, 0) is 38.3 Å². The molecule has 1 rings (SSSR count). The Labute approximate surface area is 396 Å². The van der Waals surface area contributed by atoms with Gasteiger partial charge < -0.3 is 34.3 Å². The van der Waals surface area contributed by atoms with Crippen molar-refractivity contribution in [1.29, 1.82) is 0 Å². The van der Waals surface area contributed by atoms with Crippen LogP contribution in [0.1, 0.15) is 226 Å². The number of carbonyl (C=O) groups excluding carboxylic acids is 1. The molecule has 1 heterocycles. The number of esters is 1. The van der Waals surface area contributed by atoms with E-state index in [-0.39, 0.29) is 19.6 Å². The Morgan fingerprint density at radius 2 is 1.02 bits per heavy atom. The third-order valence-electron chi connectivity index (χ3n) is 12.0. The fourth-order valence-corrected chi connectivity index (χ4v) is 8.54. The number of unbranched alkanes of at least 4 members (excludes halogenated alkanes) is 27. The van der Waals surface area contributed by atoms with E-state index in [1.807, 2.05) is 0 Å². The van der Waals surface area contributed by atoms with Crippen molar-refractivity contribution in [2.24, 2.45) is 0 Å². The summed E-state index contributed by atoms with van der Waals surface area (Å²) >= 11 is 0. The molecule has 6 atom stereocenters. The maximum Gasteiger partial charge on any atom is 0.397 e. The molecule has 0 bridgehead atoms. The Balaban J connectivity index is 2.28. The number of aliphatic hydroxyl groups is 3. The molecule has 65 heavy (non-hydrogen) atoms. The highest BCUT2D eigenvalue weighted by molar-refractivity contribution is 7.80. The van der Waals surface area contributed by atoms with Crippen LogP contribution in [0.2, 0.25) is 0 Å². The molecule has 0 aromatic rings. The lowest BCUT2D eigenvalue weighted by Crippen LogP contribution is -2.60. The summed E-state index contributed by atoms with van der Waals surface area (Å²) in [7, 11) is -5.06. The predicted molar refractivity (Wildman–Crippen MR) is 262 cm³/mol.